The second kappa shape index (κ2) is 6.25. The molecule has 0 aliphatic carbocycles. The highest BCUT2D eigenvalue weighted by molar-refractivity contribution is 9.10. The number of ether oxygens (including phenoxy) is 1. The average Bonchev–Trinajstić information content (AvgIpc) is 2.85. The van der Waals surface area contributed by atoms with E-state index in [0.717, 1.165) is 4.47 Å². The summed E-state index contributed by atoms with van der Waals surface area (Å²) in [5.41, 5.74) is 1.02. The zero-order valence-corrected chi connectivity index (χ0v) is 11.8. The number of carboxylic acids is 1. The van der Waals surface area contributed by atoms with Crippen molar-refractivity contribution in [2.24, 2.45) is 0 Å². The molecule has 2 rings (SSSR count). The molecule has 20 heavy (non-hydrogen) atoms. The summed E-state index contributed by atoms with van der Waals surface area (Å²) < 4.78 is 5.78. The number of amides is 1. The highest BCUT2D eigenvalue weighted by Gasteiger charge is 2.08. The number of nitrogens with one attached hydrogen (secondary N) is 2. The molecule has 104 valence electrons. The number of carbonyl (C=O) groups excluding carboxylic acids is 1. The van der Waals surface area contributed by atoms with Crippen LogP contribution < -0.4 is 10.1 Å². The van der Waals surface area contributed by atoms with Crippen molar-refractivity contribution in [3.63, 3.8) is 0 Å². The summed E-state index contributed by atoms with van der Waals surface area (Å²) >= 11 is 3.25. The Hall–Kier alpha value is -2.28. The van der Waals surface area contributed by atoms with Crippen molar-refractivity contribution in [3.05, 3.63) is 46.7 Å². The first kappa shape index (κ1) is 14.1. The molecule has 0 bridgehead atoms. The van der Waals surface area contributed by atoms with Gasteiger partial charge in [-0.1, -0.05) is 0 Å². The second-order valence-corrected chi connectivity index (χ2v) is 4.81. The van der Waals surface area contributed by atoms with Crippen LogP contribution >= 0.6 is 15.9 Å². The van der Waals surface area contributed by atoms with E-state index in [4.69, 9.17) is 9.84 Å². The van der Waals surface area contributed by atoms with E-state index in [-0.39, 0.29) is 5.91 Å². The van der Waals surface area contributed by atoms with Crippen LogP contribution in [0.25, 0.3) is 0 Å². The van der Waals surface area contributed by atoms with Gasteiger partial charge in [0.1, 0.15) is 11.4 Å². The third kappa shape index (κ3) is 3.86. The molecular formula is C13H11BrN2O4. The summed E-state index contributed by atoms with van der Waals surface area (Å²) in [5.74, 6) is -0.886. The topological polar surface area (TPSA) is 91.4 Å². The molecule has 3 N–H and O–H groups in total. The smallest absolute Gasteiger partial charge is 0.341 e. The summed E-state index contributed by atoms with van der Waals surface area (Å²) in [4.78, 5) is 25.0. The lowest BCUT2D eigenvalue weighted by atomic mass is 10.3. The van der Waals surface area contributed by atoms with E-state index >= 15 is 0 Å². The number of aromatic nitrogens is 1. The van der Waals surface area contributed by atoms with Crippen LogP contribution in [0.5, 0.6) is 5.75 Å². The van der Waals surface area contributed by atoms with E-state index in [0.29, 0.717) is 17.1 Å². The lowest BCUT2D eigenvalue weighted by Crippen LogP contribution is -2.12. The van der Waals surface area contributed by atoms with E-state index in [9.17, 15) is 9.59 Å². The standard InChI is InChI=1S/C13H11BrN2O4/c14-8-5-11(15-6-8)13(19)16-9-1-3-10(4-2-9)20-7-12(17)18/h1-6,15H,7H2,(H,16,19)(H,17,18). The van der Waals surface area contributed by atoms with Crippen LogP contribution in [0.15, 0.2) is 41.0 Å². The summed E-state index contributed by atoms with van der Waals surface area (Å²) in [5, 5.41) is 11.2. The van der Waals surface area contributed by atoms with Gasteiger partial charge in [-0.15, -0.1) is 0 Å². The molecule has 0 aliphatic rings. The molecule has 2 aromatic rings. The van der Waals surface area contributed by atoms with Crippen molar-refractivity contribution in [1.82, 2.24) is 4.98 Å². The van der Waals surface area contributed by atoms with Crippen LogP contribution in [-0.2, 0) is 4.79 Å². The highest BCUT2D eigenvalue weighted by Crippen LogP contribution is 2.17. The van der Waals surface area contributed by atoms with Gasteiger partial charge < -0.3 is 20.1 Å². The van der Waals surface area contributed by atoms with Gasteiger partial charge in [0.15, 0.2) is 6.61 Å². The Morgan fingerprint density at radius 1 is 1.30 bits per heavy atom. The fourth-order valence-electron chi connectivity index (χ4n) is 1.48. The van der Waals surface area contributed by atoms with Gasteiger partial charge in [0.05, 0.1) is 0 Å². The molecule has 0 radical (unpaired) electrons. The monoisotopic (exact) mass is 338 g/mol. The van der Waals surface area contributed by atoms with E-state index in [2.05, 4.69) is 26.2 Å². The summed E-state index contributed by atoms with van der Waals surface area (Å²) in [6, 6.07) is 8.10. The maximum atomic E-state index is 11.9. The van der Waals surface area contributed by atoms with Crippen molar-refractivity contribution in [2.45, 2.75) is 0 Å². The maximum Gasteiger partial charge on any atom is 0.341 e. The number of aromatic amines is 1. The van der Waals surface area contributed by atoms with Crippen molar-refractivity contribution < 1.29 is 19.4 Å². The average molecular weight is 339 g/mol. The van der Waals surface area contributed by atoms with Crippen LogP contribution in [0.4, 0.5) is 5.69 Å². The highest BCUT2D eigenvalue weighted by atomic mass is 79.9. The Bertz CT molecular complexity index is 622. The van der Waals surface area contributed by atoms with Gasteiger partial charge in [-0.25, -0.2) is 4.79 Å². The predicted octanol–water partition coefficient (Wildman–Crippen LogP) is 2.49. The first-order chi connectivity index (χ1) is 9.54. The van der Waals surface area contributed by atoms with Crippen molar-refractivity contribution in [2.75, 3.05) is 11.9 Å². The fraction of sp³-hybridized carbons (Fsp3) is 0.0769. The minimum atomic E-state index is -1.04. The number of aliphatic carboxylic acids is 1. The molecule has 0 unspecified atom stereocenters. The fourth-order valence-corrected chi connectivity index (χ4v) is 1.82. The number of halogens is 1. The number of hydrogen-bond donors (Lipinski definition) is 3. The van der Waals surface area contributed by atoms with Crippen LogP contribution in [0.2, 0.25) is 0 Å². The number of carbonyl (C=O) groups is 2. The summed E-state index contributed by atoms with van der Waals surface area (Å²) in [7, 11) is 0. The molecule has 0 atom stereocenters. The Balaban J connectivity index is 1.96. The first-order valence-corrected chi connectivity index (χ1v) is 6.44. The van der Waals surface area contributed by atoms with Gasteiger partial charge in [-0.2, -0.15) is 0 Å². The predicted molar refractivity (Wildman–Crippen MR) is 76.0 cm³/mol. The van der Waals surface area contributed by atoms with E-state index in [1.807, 2.05) is 0 Å². The molecule has 1 heterocycles. The SMILES string of the molecule is O=C(O)COc1ccc(NC(=O)c2cc(Br)c[nH]2)cc1. The number of rotatable bonds is 5. The molecule has 0 fully saturated rings. The second-order valence-electron chi connectivity index (χ2n) is 3.89. The Kier molecular flexibility index (Phi) is 4.41. The molecule has 7 heteroatoms. The zero-order valence-electron chi connectivity index (χ0n) is 10.2. The molecule has 6 nitrogen and oxygen atoms in total. The molecule has 0 spiro atoms. The van der Waals surface area contributed by atoms with E-state index in [1.165, 1.54) is 0 Å². The van der Waals surface area contributed by atoms with Gasteiger partial charge in [0, 0.05) is 16.4 Å². The third-order valence-electron chi connectivity index (χ3n) is 2.37. The van der Waals surface area contributed by atoms with Crippen molar-refractivity contribution in [3.8, 4) is 5.75 Å². The molecule has 0 saturated heterocycles. The molecule has 0 aliphatic heterocycles. The Morgan fingerprint density at radius 2 is 2.00 bits per heavy atom. The number of anilines is 1. The molecular weight excluding hydrogens is 328 g/mol. The number of hydrogen-bond acceptors (Lipinski definition) is 3. The largest absolute Gasteiger partial charge is 0.482 e. The van der Waals surface area contributed by atoms with E-state index in [1.54, 1.807) is 36.5 Å². The Labute approximate surface area is 122 Å². The number of carboxylic acid groups (broad SMARTS) is 1. The normalized spacial score (nSPS) is 10.1. The summed E-state index contributed by atoms with van der Waals surface area (Å²) in [6.45, 7) is -0.401. The Morgan fingerprint density at radius 3 is 2.55 bits per heavy atom. The molecule has 1 amide bonds. The van der Waals surface area contributed by atoms with Crippen LogP contribution in [0, 0.1) is 0 Å². The maximum absolute atomic E-state index is 11.9. The zero-order chi connectivity index (χ0) is 14.5. The van der Waals surface area contributed by atoms with Gasteiger partial charge in [-0.05, 0) is 46.3 Å². The number of benzene rings is 1. The lowest BCUT2D eigenvalue weighted by molar-refractivity contribution is -0.139. The number of H-pyrrole nitrogens is 1. The first-order valence-electron chi connectivity index (χ1n) is 5.64. The van der Waals surface area contributed by atoms with Crippen molar-refractivity contribution in [1.29, 1.82) is 0 Å². The van der Waals surface area contributed by atoms with Crippen LogP contribution in [0.1, 0.15) is 10.5 Å². The van der Waals surface area contributed by atoms with Gasteiger partial charge in [0.25, 0.3) is 5.91 Å². The minimum Gasteiger partial charge on any atom is -0.482 e. The molecule has 0 saturated carbocycles. The van der Waals surface area contributed by atoms with Crippen molar-refractivity contribution >= 4 is 33.5 Å². The van der Waals surface area contributed by atoms with Gasteiger partial charge >= 0.3 is 5.97 Å². The van der Waals surface area contributed by atoms with Gasteiger partial charge in [-0.3, -0.25) is 4.79 Å². The summed E-state index contributed by atoms with van der Waals surface area (Å²) in [6.07, 6.45) is 1.66. The lowest BCUT2D eigenvalue weighted by Gasteiger charge is -2.06. The van der Waals surface area contributed by atoms with E-state index < -0.39 is 12.6 Å². The third-order valence-corrected chi connectivity index (χ3v) is 2.82. The van der Waals surface area contributed by atoms with Gasteiger partial charge in [0.2, 0.25) is 0 Å². The van der Waals surface area contributed by atoms with Crippen LogP contribution in [-0.4, -0.2) is 28.6 Å². The quantitative estimate of drug-likeness (QED) is 0.781. The molecule has 1 aromatic carbocycles. The minimum absolute atomic E-state index is 0.269. The molecule has 1 aromatic heterocycles. The van der Waals surface area contributed by atoms with Crippen LogP contribution in [0.3, 0.4) is 0 Å².